The van der Waals surface area contributed by atoms with Crippen LogP contribution in [0.15, 0.2) is 22.8 Å². The molecule has 6 heteroatoms. The number of carbonyl (C=O) groups is 2. The molecular formula is C14H20N4O2. The quantitative estimate of drug-likeness (QED) is 0.528. The highest BCUT2D eigenvalue weighted by molar-refractivity contribution is 6.24. The predicted molar refractivity (Wildman–Crippen MR) is 74.5 cm³/mol. The van der Waals surface area contributed by atoms with E-state index in [1.165, 1.54) is 0 Å². The van der Waals surface area contributed by atoms with Gasteiger partial charge in [-0.05, 0) is 13.8 Å². The Morgan fingerprint density at radius 2 is 1.15 bits per heavy atom. The zero-order valence-electron chi connectivity index (χ0n) is 12.3. The molecule has 0 aromatic rings. The predicted octanol–water partition coefficient (Wildman–Crippen LogP) is -0.592. The van der Waals surface area contributed by atoms with Crippen molar-refractivity contribution in [2.24, 2.45) is 0 Å². The molecule has 0 aromatic heterocycles. The second kappa shape index (κ2) is 4.26. The monoisotopic (exact) mass is 276 g/mol. The molecule has 2 fully saturated rings. The van der Waals surface area contributed by atoms with Gasteiger partial charge in [0.15, 0.2) is 0 Å². The van der Waals surface area contributed by atoms with Gasteiger partial charge in [0.2, 0.25) is 11.6 Å². The highest BCUT2D eigenvalue weighted by atomic mass is 16.1. The van der Waals surface area contributed by atoms with Crippen molar-refractivity contribution in [2.45, 2.75) is 25.9 Å². The van der Waals surface area contributed by atoms with Gasteiger partial charge in [-0.2, -0.15) is 0 Å². The molecule has 0 radical (unpaired) electrons. The third-order valence-corrected chi connectivity index (χ3v) is 4.15. The Kier molecular flexibility index (Phi) is 2.77. The Balaban J connectivity index is 2.06. The van der Waals surface area contributed by atoms with E-state index in [0.29, 0.717) is 34.9 Å². The van der Waals surface area contributed by atoms with Crippen molar-refractivity contribution in [3.8, 4) is 0 Å². The molecular weight excluding hydrogens is 256 g/mol. The van der Waals surface area contributed by atoms with Crippen LogP contribution in [0.3, 0.4) is 0 Å². The van der Waals surface area contributed by atoms with Gasteiger partial charge in [-0.15, -0.1) is 0 Å². The topological polar surface area (TPSA) is 64.2 Å². The Morgan fingerprint density at radius 3 is 1.35 bits per heavy atom. The van der Waals surface area contributed by atoms with Gasteiger partial charge in [0, 0.05) is 39.3 Å². The number of Topliss-reactive ketones (excluding diaryl/α,β-unsaturated/α-hetero) is 2. The van der Waals surface area contributed by atoms with Gasteiger partial charge in [0.25, 0.3) is 0 Å². The first kappa shape index (κ1) is 13.0. The number of rotatable bonds is 4. The summed E-state index contributed by atoms with van der Waals surface area (Å²) in [6.45, 7) is 5.74. The molecule has 3 aliphatic rings. The number of nitrogens with zero attached hydrogens (tertiary/aromatic N) is 2. The molecule has 2 unspecified atom stereocenters. The second-order valence-electron chi connectivity index (χ2n) is 5.61. The molecule has 1 aliphatic carbocycles. The van der Waals surface area contributed by atoms with Crippen LogP contribution in [0.1, 0.15) is 13.8 Å². The summed E-state index contributed by atoms with van der Waals surface area (Å²) in [5.41, 5.74) is 1.86. The molecule has 6 nitrogen and oxygen atoms in total. The third-order valence-electron chi connectivity index (χ3n) is 4.15. The lowest BCUT2D eigenvalue weighted by Gasteiger charge is -2.25. The minimum atomic E-state index is -0.0881. The molecule has 2 aliphatic heterocycles. The van der Waals surface area contributed by atoms with Gasteiger partial charge in [-0.25, -0.2) is 0 Å². The summed E-state index contributed by atoms with van der Waals surface area (Å²) in [6, 6.07) is 0.648. The normalized spacial score (nSPS) is 29.2. The van der Waals surface area contributed by atoms with Gasteiger partial charge in [0.05, 0.1) is 0 Å². The van der Waals surface area contributed by atoms with Crippen LogP contribution in [-0.4, -0.2) is 60.6 Å². The summed E-state index contributed by atoms with van der Waals surface area (Å²) in [6.07, 6.45) is 0. The molecule has 2 saturated heterocycles. The Hall–Kier alpha value is -1.98. The largest absolute Gasteiger partial charge is 0.383 e. The molecule has 0 aromatic carbocycles. The van der Waals surface area contributed by atoms with E-state index in [9.17, 15) is 9.59 Å². The summed E-state index contributed by atoms with van der Waals surface area (Å²) in [5, 5.41) is 5.85. The minimum Gasteiger partial charge on any atom is -0.383 e. The molecule has 0 bridgehead atoms. The second-order valence-corrected chi connectivity index (χ2v) is 5.61. The van der Waals surface area contributed by atoms with E-state index < -0.39 is 0 Å². The van der Waals surface area contributed by atoms with Gasteiger partial charge in [0.1, 0.15) is 22.8 Å². The Morgan fingerprint density at radius 1 is 0.850 bits per heavy atom. The maximum Gasteiger partial charge on any atom is 0.229 e. The number of likely N-dealkylation sites (N-methyl/N-ethyl adjacent to an activating group) is 2. The lowest BCUT2D eigenvalue weighted by molar-refractivity contribution is -0.118. The first-order valence-electron chi connectivity index (χ1n) is 6.98. The van der Waals surface area contributed by atoms with E-state index >= 15 is 0 Å². The molecule has 0 saturated carbocycles. The number of carbonyl (C=O) groups excluding carboxylic acids is 2. The lowest BCUT2D eigenvalue weighted by atomic mass is 9.98. The number of nitrogens with one attached hydrogen (secondary N) is 2. The summed E-state index contributed by atoms with van der Waals surface area (Å²) in [7, 11) is 3.39. The van der Waals surface area contributed by atoms with Crippen molar-refractivity contribution >= 4 is 11.6 Å². The summed E-state index contributed by atoms with van der Waals surface area (Å²) >= 11 is 0. The van der Waals surface area contributed by atoms with E-state index in [-0.39, 0.29) is 11.6 Å². The molecule has 0 amide bonds. The first-order valence-corrected chi connectivity index (χ1v) is 6.98. The molecule has 2 atom stereocenters. The van der Waals surface area contributed by atoms with Gasteiger partial charge < -0.3 is 20.4 Å². The van der Waals surface area contributed by atoms with E-state index in [4.69, 9.17) is 0 Å². The van der Waals surface area contributed by atoms with Crippen LogP contribution < -0.4 is 10.6 Å². The summed E-state index contributed by atoms with van der Waals surface area (Å²) < 4.78 is 0. The van der Waals surface area contributed by atoms with Crippen molar-refractivity contribution in [1.29, 1.82) is 0 Å². The van der Waals surface area contributed by atoms with Crippen LogP contribution in [0.25, 0.3) is 0 Å². The smallest absolute Gasteiger partial charge is 0.229 e. The molecule has 3 rings (SSSR count). The Bertz CT molecular complexity index is 514. The first-order chi connectivity index (χ1) is 9.51. The zero-order chi connectivity index (χ0) is 14.6. The van der Waals surface area contributed by atoms with Crippen molar-refractivity contribution in [3.05, 3.63) is 22.8 Å². The average Bonchev–Trinajstić information content (AvgIpc) is 3.30. The van der Waals surface area contributed by atoms with Crippen LogP contribution in [0.5, 0.6) is 0 Å². The van der Waals surface area contributed by atoms with E-state index in [2.05, 4.69) is 10.6 Å². The maximum absolute atomic E-state index is 12.7. The van der Waals surface area contributed by atoms with E-state index in [0.717, 1.165) is 13.1 Å². The van der Waals surface area contributed by atoms with Crippen molar-refractivity contribution in [3.63, 3.8) is 0 Å². The third kappa shape index (κ3) is 1.71. The van der Waals surface area contributed by atoms with Gasteiger partial charge in [-0.1, -0.05) is 0 Å². The highest BCUT2D eigenvalue weighted by Gasteiger charge is 2.47. The SMILES string of the molecule is CNC1=C(N2CC2C)C(=O)C(NC)=C(N2CC2C)C1=O. The standard InChI is InChI=1S/C14H20N4O2/c1-7-5-17(7)11-9(15-3)14(20)12(18-6-8(18)2)10(16-4)13(11)19/h7-8,15-16H,5-6H2,1-4H3. The minimum absolute atomic E-state index is 0.0881. The number of hydrogen-bond acceptors (Lipinski definition) is 6. The summed E-state index contributed by atoms with van der Waals surface area (Å²) in [5.74, 6) is -0.176. The molecule has 108 valence electrons. The molecule has 20 heavy (non-hydrogen) atoms. The van der Waals surface area contributed by atoms with Crippen molar-refractivity contribution < 1.29 is 9.59 Å². The fourth-order valence-electron chi connectivity index (χ4n) is 2.79. The van der Waals surface area contributed by atoms with Gasteiger partial charge in [-0.3, -0.25) is 9.59 Å². The van der Waals surface area contributed by atoms with Crippen LogP contribution in [-0.2, 0) is 9.59 Å². The van der Waals surface area contributed by atoms with E-state index in [1.807, 2.05) is 23.6 Å². The van der Waals surface area contributed by atoms with Crippen LogP contribution in [0, 0.1) is 0 Å². The molecule has 2 heterocycles. The molecule has 2 N–H and O–H groups in total. The van der Waals surface area contributed by atoms with Crippen LogP contribution >= 0.6 is 0 Å². The van der Waals surface area contributed by atoms with Crippen molar-refractivity contribution in [2.75, 3.05) is 27.2 Å². The lowest BCUT2D eigenvalue weighted by Crippen LogP contribution is -2.38. The van der Waals surface area contributed by atoms with Gasteiger partial charge >= 0.3 is 0 Å². The van der Waals surface area contributed by atoms with Crippen LogP contribution in [0.4, 0.5) is 0 Å². The Labute approximate surface area is 118 Å². The van der Waals surface area contributed by atoms with E-state index in [1.54, 1.807) is 14.1 Å². The fraction of sp³-hybridized carbons (Fsp3) is 0.571. The number of hydrogen-bond donors (Lipinski definition) is 2. The number of ketones is 2. The fourth-order valence-corrected chi connectivity index (χ4v) is 2.79. The zero-order valence-corrected chi connectivity index (χ0v) is 12.3. The molecule has 0 spiro atoms. The average molecular weight is 276 g/mol. The summed E-state index contributed by atoms with van der Waals surface area (Å²) in [4.78, 5) is 29.3. The highest BCUT2D eigenvalue weighted by Crippen LogP contribution is 2.36. The maximum atomic E-state index is 12.7. The van der Waals surface area contributed by atoms with Crippen LogP contribution in [0.2, 0.25) is 0 Å². The van der Waals surface area contributed by atoms with Crippen molar-refractivity contribution in [1.82, 2.24) is 20.4 Å².